The quantitative estimate of drug-likeness (QED) is 0.498. The number of hydrogen-bond donors (Lipinski definition) is 3. The van der Waals surface area contributed by atoms with Gasteiger partial charge in [0, 0.05) is 29.9 Å². The molecular weight excluding hydrogens is 384 g/mol. The van der Waals surface area contributed by atoms with Gasteiger partial charge < -0.3 is 10.6 Å². The lowest BCUT2D eigenvalue weighted by Crippen LogP contribution is -2.40. The number of nitrogens with zero attached hydrogens (tertiary/aromatic N) is 1. The highest BCUT2D eigenvalue weighted by atomic mass is 32.2. The molecule has 2 aromatic carbocycles. The van der Waals surface area contributed by atoms with E-state index in [4.69, 9.17) is 0 Å². The van der Waals surface area contributed by atoms with E-state index >= 15 is 0 Å². The number of nitro benzene ring substituents is 1. The van der Waals surface area contributed by atoms with E-state index in [9.17, 15) is 23.3 Å². The van der Waals surface area contributed by atoms with Crippen molar-refractivity contribution < 1.29 is 18.1 Å². The van der Waals surface area contributed by atoms with Gasteiger partial charge in [0.25, 0.3) is 5.69 Å². The maximum atomic E-state index is 12.4. The second kappa shape index (κ2) is 7.95. The molecule has 0 atom stereocenters. The fraction of sp³-hybridized carbons (Fsp3) is 0.278. The Morgan fingerprint density at radius 3 is 2.11 bits per heavy atom. The molecular formula is C18H22N4O5S. The SMILES string of the molecule is CC(=O)Nc1ccc(Nc2ccc(S(=O)(=O)NC(C)(C)C)cc2[N+](=O)[O-])cc1. The maximum absolute atomic E-state index is 12.4. The smallest absolute Gasteiger partial charge is 0.294 e. The number of rotatable bonds is 6. The second-order valence-corrected chi connectivity index (χ2v) is 8.86. The third kappa shape index (κ3) is 5.76. The van der Waals surface area contributed by atoms with Gasteiger partial charge in [0.15, 0.2) is 0 Å². The molecule has 2 aromatic rings. The van der Waals surface area contributed by atoms with Crippen LogP contribution in [0.3, 0.4) is 0 Å². The first-order valence-corrected chi connectivity index (χ1v) is 9.83. The van der Waals surface area contributed by atoms with Gasteiger partial charge in [-0.2, -0.15) is 0 Å². The number of anilines is 3. The van der Waals surface area contributed by atoms with Crippen molar-refractivity contribution in [3.8, 4) is 0 Å². The van der Waals surface area contributed by atoms with Crippen LogP contribution in [0, 0.1) is 10.1 Å². The minimum absolute atomic E-state index is 0.145. The van der Waals surface area contributed by atoms with Crippen molar-refractivity contribution in [2.24, 2.45) is 0 Å². The van der Waals surface area contributed by atoms with Crippen LogP contribution in [0.1, 0.15) is 27.7 Å². The summed E-state index contributed by atoms with van der Waals surface area (Å²) < 4.78 is 27.3. The van der Waals surface area contributed by atoms with Crippen LogP contribution in [0.5, 0.6) is 0 Å². The van der Waals surface area contributed by atoms with Crippen molar-refractivity contribution in [1.82, 2.24) is 4.72 Å². The van der Waals surface area contributed by atoms with Crippen LogP contribution in [0.2, 0.25) is 0 Å². The summed E-state index contributed by atoms with van der Waals surface area (Å²) in [5, 5.41) is 17.0. The van der Waals surface area contributed by atoms with Crippen LogP contribution in [-0.2, 0) is 14.8 Å². The van der Waals surface area contributed by atoms with E-state index in [-0.39, 0.29) is 22.2 Å². The van der Waals surface area contributed by atoms with Crippen molar-refractivity contribution >= 4 is 38.7 Å². The van der Waals surface area contributed by atoms with E-state index in [0.717, 1.165) is 6.07 Å². The monoisotopic (exact) mass is 406 g/mol. The van der Waals surface area contributed by atoms with Gasteiger partial charge in [-0.3, -0.25) is 14.9 Å². The number of carbonyl (C=O) groups excluding carboxylic acids is 1. The molecule has 1 amide bonds. The summed E-state index contributed by atoms with van der Waals surface area (Å²) in [5.41, 5.74) is 0.179. The first-order chi connectivity index (χ1) is 12.9. The van der Waals surface area contributed by atoms with Crippen LogP contribution in [0.4, 0.5) is 22.7 Å². The molecule has 28 heavy (non-hydrogen) atoms. The summed E-state index contributed by atoms with van der Waals surface area (Å²) in [6.45, 7) is 6.43. The topological polar surface area (TPSA) is 130 Å². The fourth-order valence-corrected chi connectivity index (χ4v) is 3.83. The number of nitro groups is 1. The van der Waals surface area contributed by atoms with Crippen LogP contribution in [0.25, 0.3) is 0 Å². The highest BCUT2D eigenvalue weighted by molar-refractivity contribution is 7.89. The van der Waals surface area contributed by atoms with Crippen molar-refractivity contribution in [2.45, 2.75) is 38.1 Å². The number of benzene rings is 2. The number of amides is 1. The van der Waals surface area contributed by atoms with Gasteiger partial charge in [0.1, 0.15) is 5.69 Å². The summed E-state index contributed by atoms with van der Waals surface area (Å²) in [5.74, 6) is -0.211. The molecule has 0 radical (unpaired) electrons. The molecule has 0 bridgehead atoms. The molecule has 150 valence electrons. The highest BCUT2D eigenvalue weighted by Gasteiger charge is 2.25. The number of sulfonamides is 1. The minimum atomic E-state index is -3.90. The maximum Gasteiger partial charge on any atom is 0.294 e. The summed E-state index contributed by atoms with van der Waals surface area (Å²) in [6.07, 6.45) is 0. The van der Waals surface area contributed by atoms with E-state index in [1.807, 2.05) is 0 Å². The average Bonchev–Trinajstić information content (AvgIpc) is 2.54. The number of nitrogens with one attached hydrogen (secondary N) is 3. The van der Waals surface area contributed by atoms with Crippen molar-refractivity contribution in [3.05, 3.63) is 52.6 Å². The van der Waals surface area contributed by atoms with E-state index in [1.165, 1.54) is 19.1 Å². The van der Waals surface area contributed by atoms with Crippen LogP contribution < -0.4 is 15.4 Å². The first-order valence-electron chi connectivity index (χ1n) is 8.34. The summed E-state index contributed by atoms with van der Waals surface area (Å²) in [6, 6.07) is 10.2. The zero-order chi connectivity index (χ0) is 21.1. The van der Waals surface area contributed by atoms with Crippen LogP contribution in [-0.4, -0.2) is 24.8 Å². The van der Waals surface area contributed by atoms with Crippen LogP contribution >= 0.6 is 0 Å². The van der Waals surface area contributed by atoms with Gasteiger partial charge in [0.2, 0.25) is 15.9 Å². The average molecular weight is 406 g/mol. The van der Waals surface area contributed by atoms with Crippen molar-refractivity contribution in [2.75, 3.05) is 10.6 Å². The van der Waals surface area contributed by atoms with Gasteiger partial charge in [-0.05, 0) is 57.2 Å². The molecule has 0 saturated carbocycles. The second-order valence-electron chi connectivity index (χ2n) is 7.18. The fourth-order valence-electron chi connectivity index (χ4n) is 2.39. The van der Waals surface area contributed by atoms with E-state index in [1.54, 1.807) is 45.0 Å². The lowest BCUT2D eigenvalue weighted by atomic mass is 10.1. The normalized spacial score (nSPS) is 11.7. The Labute approximate surface area is 163 Å². The standard InChI is InChI=1S/C18H22N4O5S/c1-12(23)19-13-5-7-14(8-6-13)20-16-10-9-15(11-17(16)22(24)25)28(26,27)21-18(2,3)4/h5-11,20-21H,1-4H3,(H,19,23). The molecule has 0 unspecified atom stereocenters. The molecule has 10 heteroatoms. The predicted octanol–water partition coefficient (Wildman–Crippen LogP) is 3.37. The van der Waals surface area contributed by atoms with Gasteiger partial charge in [-0.25, -0.2) is 13.1 Å². The molecule has 3 N–H and O–H groups in total. The minimum Gasteiger partial charge on any atom is -0.350 e. The molecule has 2 rings (SSSR count). The Hall–Kier alpha value is -2.98. The molecule has 0 aliphatic heterocycles. The van der Waals surface area contributed by atoms with E-state index in [0.29, 0.717) is 11.4 Å². The molecule has 0 spiro atoms. The summed E-state index contributed by atoms with van der Waals surface area (Å²) >= 11 is 0. The zero-order valence-electron chi connectivity index (χ0n) is 15.9. The molecule has 0 saturated heterocycles. The number of carbonyl (C=O) groups is 1. The lowest BCUT2D eigenvalue weighted by Gasteiger charge is -2.20. The molecule has 0 aromatic heterocycles. The van der Waals surface area contributed by atoms with Crippen molar-refractivity contribution in [3.63, 3.8) is 0 Å². The predicted molar refractivity (Wildman–Crippen MR) is 107 cm³/mol. The number of hydrogen-bond acceptors (Lipinski definition) is 6. The van der Waals surface area contributed by atoms with E-state index in [2.05, 4.69) is 15.4 Å². The Bertz CT molecular complexity index is 996. The van der Waals surface area contributed by atoms with Crippen molar-refractivity contribution in [1.29, 1.82) is 0 Å². The van der Waals surface area contributed by atoms with Gasteiger partial charge >= 0.3 is 0 Å². The Morgan fingerprint density at radius 1 is 1.04 bits per heavy atom. The Kier molecular flexibility index (Phi) is 6.05. The third-order valence-corrected chi connectivity index (χ3v) is 5.16. The molecule has 0 aliphatic carbocycles. The summed E-state index contributed by atoms with van der Waals surface area (Å²) in [4.78, 5) is 21.7. The zero-order valence-corrected chi connectivity index (χ0v) is 16.8. The van der Waals surface area contributed by atoms with Gasteiger partial charge in [0.05, 0.1) is 9.82 Å². The lowest BCUT2D eigenvalue weighted by molar-refractivity contribution is -0.384. The summed E-state index contributed by atoms with van der Waals surface area (Å²) in [7, 11) is -3.90. The molecule has 9 nitrogen and oxygen atoms in total. The largest absolute Gasteiger partial charge is 0.350 e. The third-order valence-electron chi connectivity index (χ3n) is 3.40. The molecule has 0 fully saturated rings. The van der Waals surface area contributed by atoms with Gasteiger partial charge in [-0.1, -0.05) is 0 Å². The molecule has 0 heterocycles. The van der Waals surface area contributed by atoms with E-state index < -0.39 is 20.5 Å². The van der Waals surface area contributed by atoms with Crippen LogP contribution in [0.15, 0.2) is 47.4 Å². The van der Waals surface area contributed by atoms with Gasteiger partial charge in [-0.15, -0.1) is 0 Å². The first kappa shape index (κ1) is 21.3. The Balaban J connectivity index is 2.33. The Morgan fingerprint density at radius 2 is 1.61 bits per heavy atom. The highest BCUT2D eigenvalue weighted by Crippen LogP contribution is 2.31. The molecule has 0 aliphatic rings.